The van der Waals surface area contributed by atoms with Crippen molar-refractivity contribution in [1.29, 1.82) is 0 Å². The molecule has 0 saturated carbocycles. The maximum atomic E-state index is 11.5. The molecule has 0 aliphatic carbocycles. The second-order valence-corrected chi connectivity index (χ2v) is 3.77. The molecule has 0 aromatic carbocycles. The number of rotatable bonds is 3. The van der Waals surface area contributed by atoms with Crippen molar-refractivity contribution >= 4 is 23.1 Å². The number of nitrogens with two attached hydrogens (primary N) is 1. The highest BCUT2D eigenvalue weighted by molar-refractivity contribution is 7.80. The van der Waals surface area contributed by atoms with E-state index in [1.165, 1.54) is 12.3 Å². The van der Waals surface area contributed by atoms with Crippen LogP contribution in [-0.4, -0.2) is 21.6 Å². The van der Waals surface area contributed by atoms with E-state index in [1.54, 1.807) is 13.8 Å². The molecule has 1 heterocycles. The highest BCUT2D eigenvalue weighted by atomic mass is 32.1. The first kappa shape index (κ1) is 10.6. The summed E-state index contributed by atoms with van der Waals surface area (Å²) in [4.78, 5) is 11.7. The lowest BCUT2D eigenvalue weighted by Crippen LogP contribution is -2.52. The van der Waals surface area contributed by atoms with Gasteiger partial charge in [0.15, 0.2) is 5.69 Å². The second kappa shape index (κ2) is 3.75. The molecule has 76 valence electrons. The maximum Gasteiger partial charge on any atom is 0.274 e. The largest absolute Gasteiger partial charge is 0.391 e. The van der Waals surface area contributed by atoms with Gasteiger partial charge in [0.2, 0.25) is 0 Å². The summed E-state index contributed by atoms with van der Waals surface area (Å²) in [5.41, 5.74) is 4.92. The van der Waals surface area contributed by atoms with Crippen LogP contribution in [0.5, 0.6) is 0 Å². The average Bonchev–Trinajstić information content (AvgIpc) is 2.54. The van der Waals surface area contributed by atoms with E-state index in [2.05, 4.69) is 15.0 Å². The van der Waals surface area contributed by atoms with E-state index >= 15 is 0 Å². The van der Waals surface area contributed by atoms with E-state index < -0.39 is 5.54 Å². The van der Waals surface area contributed by atoms with E-state index in [0.717, 1.165) is 0 Å². The first-order chi connectivity index (χ1) is 6.43. The Morgan fingerprint density at radius 2 is 2.36 bits per heavy atom. The molecule has 1 amide bonds. The molecule has 5 nitrogen and oxygen atoms in total. The lowest BCUT2D eigenvalue weighted by Gasteiger charge is -2.23. The third-order valence-corrected chi connectivity index (χ3v) is 2.22. The van der Waals surface area contributed by atoms with Crippen molar-refractivity contribution in [3.63, 3.8) is 0 Å². The first-order valence-electron chi connectivity index (χ1n) is 3.96. The van der Waals surface area contributed by atoms with Gasteiger partial charge in [0.1, 0.15) is 6.26 Å². The number of amides is 1. The van der Waals surface area contributed by atoms with Crippen LogP contribution < -0.4 is 11.1 Å². The molecule has 0 spiro atoms. The molecule has 0 aliphatic heterocycles. The van der Waals surface area contributed by atoms with E-state index in [0.29, 0.717) is 0 Å². The molecular formula is C8H11N3O2S. The Kier molecular flexibility index (Phi) is 2.85. The van der Waals surface area contributed by atoms with Crippen molar-refractivity contribution in [2.75, 3.05) is 0 Å². The fourth-order valence-corrected chi connectivity index (χ4v) is 0.790. The molecule has 0 radical (unpaired) electrons. The number of nitrogens with zero attached hydrogens (tertiary/aromatic N) is 1. The molecule has 0 fully saturated rings. The fourth-order valence-electron chi connectivity index (χ4n) is 0.739. The number of hydrogen-bond donors (Lipinski definition) is 2. The summed E-state index contributed by atoms with van der Waals surface area (Å²) >= 11 is 4.80. The predicted octanol–water partition coefficient (Wildman–Crippen LogP) is 0.469. The predicted molar refractivity (Wildman–Crippen MR) is 54.8 cm³/mol. The summed E-state index contributed by atoms with van der Waals surface area (Å²) in [6, 6.07) is 1.46. The van der Waals surface area contributed by atoms with Gasteiger partial charge < -0.3 is 15.6 Å². The molecular weight excluding hydrogens is 202 g/mol. The minimum absolute atomic E-state index is 0.203. The lowest BCUT2D eigenvalue weighted by molar-refractivity contribution is 0.0923. The van der Waals surface area contributed by atoms with Gasteiger partial charge in [0.25, 0.3) is 5.91 Å². The number of hydrogen-bond acceptors (Lipinski definition) is 4. The standard InChI is InChI=1S/C8H11N3O2S/c1-8(2,7(9)14)10-6(12)5-3-4-13-11-5/h3-4H,1-2H3,(H2,9,14)(H,10,12). The van der Waals surface area contributed by atoms with Gasteiger partial charge in [-0.15, -0.1) is 0 Å². The van der Waals surface area contributed by atoms with Gasteiger partial charge >= 0.3 is 0 Å². The minimum atomic E-state index is -0.731. The molecule has 0 bridgehead atoms. The first-order valence-corrected chi connectivity index (χ1v) is 4.37. The zero-order valence-corrected chi connectivity index (χ0v) is 8.72. The quantitative estimate of drug-likeness (QED) is 0.713. The molecule has 14 heavy (non-hydrogen) atoms. The number of thiocarbonyl (C=S) groups is 1. The SMILES string of the molecule is CC(C)(NC(=O)c1ccon1)C(N)=S. The molecule has 6 heteroatoms. The van der Waals surface area contributed by atoms with Gasteiger partial charge in [-0.25, -0.2) is 0 Å². The molecule has 0 saturated heterocycles. The van der Waals surface area contributed by atoms with Crippen LogP contribution in [0.1, 0.15) is 24.3 Å². The molecule has 0 unspecified atom stereocenters. The summed E-state index contributed by atoms with van der Waals surface area (Å²) in [6.07, 6.45) is 1.32. The Hall–Kier alpha value is -1.43. The highest BCUT2D eigenvalue weighted by Crippen LogP contribution is 2.04. The zero-order chi connectivity index (χ0) is 10.8. The Morgan fingerprint density at radius 1 is 1.71 bits per heavy atom. The van der Waals surface area contributed by atoms with Crippen molar-refractivity contribution in [2.45, 2.75) is 19.4 Å². The summed E-state index contributed by atoms with van der Waals surface area (Å²) in [6.45, 7) is 3.43. The van der Waals surface area contributed by atoms with Crippen LogP contribution >= 0.6 is 12.2 Å². The zero-order valence-electron chi connectivity index (χ0n) is 7.90. The van der Waals surface area contributed by atoms with E-state index in [9.17, 15) is 4.79 Å². The van der Waals surface area contributed by atoms with Crippen LogP contribution in [0.3, 0.4) is 0 Å². The van der Waals surface area contributed by atoms with Crippen LogP contribution in [0.15, 0.2) is 16.9 Å². The number of nitrogens with one attached hydrogen (secondary N) is 1. The van der Waals surface area contributed by atoms with Crippen LogP contribution in [-0.2, 0) is 0 Å². The minimum Gasteiger partial charge on any atom is -0.391 e. The average molecular weight is 213 g/mol. The van der Waals surface area contributed by atoms with Gasteiger partial charge in [-0.3, -0.25) is 4.79 Å². The van der Waals surface area contributed by atoms with Crippen LogP contribution in [0.2, 0.25) is 0 Å². The smallest absolute Gasteiger partial charge is 0.274 e. The monoisotopic (exact) mass is 213 g/mol. The van der Waals surface area contributed by atoms with E-state index in [4.69, 9.17) is 18.0 Å². The number of carbonyl (C=O) groups excluding carboxylic acids is 1. The van der Waals surface area contributed by atoms with Crippen molar-refractivity contribution in [3.05, 3.63) is 18.0 Å². The normalized spacial score (nSPS) is 11.0. The van der Waals surface area contributed by atoms with Gasteiger partial charge in [0.05, 0.1) is 10.5 Å². The molecule has 1 aromatic heterocycles. The Labute approximate surface area is 86.6 Å². The third-order valence-electron chi connectivity index (χ3n) is 1.71. The van der Waals surface area contributed by atoms with E-state index in [1.807, 2.05) is 0 Å². The van der Waals surface area contributed by atoms with Gasteiger partial charge in [-0.1, -0.05) is 17.4 Å². The molecule has 0 atom stereocenters. The van der Waals surface area contributed by atoms with Crippen LogP contribution in [0.25, 0.3) is 0 Å². The fraction of sp³-hybridized carbons (Fsp3) is 0.375. The molecule has 0 aliphatic rings. The molecule has 1 rings (SSSR count). The van der Waals surface area contributed by atoms with E-state index in [-0.39, 0.29) is 16.6 Å². The summed E-state index contributed by atoms with van der Waals surface area (Å²) < 4.78 is 4.54. The van der Waals surface area contributed by atoms with Gasteiger partial charge in [0, 0.05) is 6.07 Å². The second-order valence-electron chi connectivity index (χ2n) is 3.33. The number of carbonyl (C=O) groups is 1. The van der Waals surface area contributed by atoms with Crippen LogP contribution in [0.4, 0.5) is 0 Å². The summed E-state index contributed by atoms with van der Waals surface area (Å²) in [7, 11) is 0. The van der Waals surface area contributed by atoms with Crippen molar-refractivity contribution in [2.24, 2.45) is 5.73 Å². The van der Waals surface area contributed by atoms with Crippen molar-refractivity contribution in [1.82, 2.24) is 10.5 Å². The summed E-state index contributed by atoms with van der Waals surface area (Å²) in [5.74, 6) is -0.364. The van der Waals surface area contributed by atoms with Crippen LogP contribution in [0, 0.1) is 0 Å². The topological polar surface area (TPSA) is 81.2 Å². The Morgan fingerprint density at radius 3 is 2.79 bits per heavy atom. The Balaban J connectivity index is 2.71. The Bertz CT molecular complexity index is 345. The highest BCUT2D eigenvalue weighted by Gasteiger charge is 2.25. The number of aromatic nitrogens is 1. The molecule has 1 aromatic rings. The van der Waals surface area contributed by atoms with Gasteiger partial charge in [-0.2, -0.15) is 0 Å². The summed E-state index contributed by atoms with van der Waals surface area (Å²) in [5, 5.41) is 6.12. The maximum absolute atomic E-state index is 11.5. The lowest BCUT2D eigenvalue weighted by atomic mass is 10.1. The van der Waals surface area contributed by atoms with Crippen molar-refractivity contribution in [3.8, 4) is 0 Å². The molecule has 3 N–H and O–H groups in total. The van der Waals surface area contributed by atoms with Crippen molar-refractivity contribution < 1.29 is 9.32 Å². The third kappa shape index (κ3) is 2.29. The van der Waals surface area contributed by atoms with Gasteiger partial charge in [-0.05, 0) is 13.8 Å².